The van der Waals surface area contributed by atoms with Gasteiger partial charge in [0, 0.05) is 49.8 Å². The molecule has 2 fully saturated rings. The van der Waals surface area contributed by atoms with Gasteiger partial charge in [-0.1, -0.05) is 24.3 Å². The van der Waals surface area contributed by atoms with E-state index in [9.17, 15) is 9.59 Å². The summed E-state index contributed by atoms with van der Waals surface area (Å²) in [7, 11) is 3.68. The molecular formula is C32H39N3O3. The molecule has 1 amide bonds. The molecule has 0 saturated heterocycles. The minimum absolute atomic E-state index is 0.0789. The Balaban J connectivity index is 1.33. The van der Waals surface area contributed by atoms with Gasteiger partial charge in [-0.15, -0.1) is 0 Å². The van der Waals surface area contributed by atoms with Crippen LogP contribution in [0.5, 0.6) is 5.75 Å². The van der Waals surface area contributed by atoms with Gasteiger partial charge >= 0.3 is 0 Å². The minimum atomic E-state index is -0.0789. The van der Waals surface area contributed by atoms with Crippen LogP contribution in [0.4, 0.5) is 5.69 Å². The van der Waals surface area contributed by atoms with E-state index in [4.69, 9.17) is 4.74 Å². The van der Waals surface area contributed by atoms with Gasteiger partial charge in [-0.25, -0.2) is 4.98 Å². The largest absolute Gasteiger partial charge is 0.496 e. The molecule has 38 heavy (non-hydrogen) atoms. The van der Waals surface area contributed by atoms with Gasteiger partial charge < -0.3 is 14.2 Å². The average Bonchev–Trinajstić information content (AvgIpc) is 3.38. The molecular weight excluding hydrogens is 474 g/mol. The zero-order valence-electron chi connectivity index (χ0n) is 22.9. The molecule has 0 atom stereocenters. The second kappa shape index (κ2) is 11.5. The number of ether oxygens (including phenoxy) is 1. The minimum Gasteiger partial charge on any atom is -0.496 e. The Labute approximate surface area is 226 Å². The zero-order valence-corrected chi connectivity index (χ0v) is 22.9. The Kier molecular flexibility index (Phi) is 7.96. The maximum atomic E-state index is 13.9. The summed E-state index contributed by atoms with van der Waals surface area (Å²) in [5, 5.41) is 0. The van der Waals surface area contributed by atoms with Crippen molar-refractivity contribution in [2.75, 3.05) is 18.6 Å². The number of rotatable bonds is 7. The van der Waals surface area contributed by atoms with Crippen molar-refractivity contribution in [1.82, 2.24) is 9.55 Å². The lowest BCUT2D eigenvalue weighted by Gasteiger charge is -2.35. The number of carbonyl (C=O) groups excluding carboxylic acids is 2. The fraction of sp³-hybridized carbons (Fsp3) is 0.469. The van der Waals surface area contributed by atoms with E-state index in [1.54, 1.807) is 13.4 Å². The molecule has 0 aliphatic heterocycles. The first-order chi connectivity index (χ1) is 18.4. The standard InChI is InChI=1S/C32H39N3O3/c1-22-17-26(13-16-31(22)38-3)24-9-7-23(8-10-24)19-35(32(37)25-11-14-29(36)15-12-25)28-6-4-5-27(18-28)30-20-34(2)21-33-30/h4-6,13,16-18,20-21,23-25H,7-12,14-15,19H2,1-3H3. The fourth-order valence-corrected chi connectivity index (χ4v) is 6.22. The summed E-state index contributed by atoms with van der Waals surface area (Å²) in [5.41, 5.74) is 5.42. The van der Waals surface area contributed by atoms with Gasteiger partial charge in [-0.05, 0) is 86.6 Å². The molecule has 2 saturated carbocycles. The highest BCUT2D eigenvalue weighted by atomic mass is 16.5. The zero-order chi connectivity index (χ0) is 26.6. The van der Waals surface area contributed by atoms with Crippen LogP contribution in [0.25, 0.3) is 11.3 Å². The van der Waals surface area contributed by atoms with Crippen molar-refractivity contribution in [3.05, 3.63) is 66.1 Å². The van der Waals surface area contributed by atoms with Crippen LogP contribution in [0, 0.1) is 18.8 Å². The van der Waals surface area contributed by atoms with Crippen molar-refractivity contribution in [1.29, 1.82) is 0 Å². The Morgan fingerprint density at radius 2 is 1.82 bits per heavy atom. The molecule has 1 aromatic heterocycles. The first-order valence-corrected chi connectivity index (χ1v) is 14.0. The maximum Gasteiger partial charge on any atom is 0.230 e. The summed E-state index contributed by atoms with van der Waals surface area (Å²) in [6, 6.07) is 14.8. The quantitative estimate of drug-likeness (QED) is 0.363. The fourth-order valence-electron chi connectivity index (χ4n) is 6.22. The SMILES string of the molecule is COc1ccc(C2CCC(CN(C(=O)C3CCC(=O)CC3)c3cccc(-c4cn(C)cn4)c3)CC2)cc1C. The van der Waals surface area contributed by atoms with Crippen LogP contribution in [0.3, 0.4) is 0 Å². The van der Waals surface area contributed by atoms with Crippen molar-refractivity contribution < 1.29 is 14.3 Å². The van der Waals surface area contributed by atoms with E-state index in [2.05, 4.69) is 42.2 Å². The van der Waals surface area contributed by atoms with Crippen LogP contribution in [-0.2, 0) is 16.6 Å². The van der Waals surface area contributed by atoms with E-state index in [1.165, 1.54) is 11.1 Å². The number of imidazole rings is 1. The van der Waals surface area contributed by atoms with Gasteiger partial charge in [0.05, 0.1) is 19.1 Å². The van der Waals surface area contributed by atoms with Crippen LogP contribution in [-0.4, -0.2) is 34.9 Å². The molecule has 1 heterocycles. The number of carbonyl (C=O) groups is 2. The van der Waals surface area contributed by atoms with Crippen molar-refractivity contribution in [3.63, 3.8) is 0 Å². The summed E-state index contributed by atoms with van der Waals surface area (Å²) < 4.78 is 7.38. The predicted octanol–water partition coefficient (Wildman–Crippen LogP) is 6.47. The Bertz CT molecular complexity index is 1280. The summed E-state index contributed by atoms with van der Waals surface area (Å²) in [4.78, 5) is 32.3. The van der Waals surface area contributed by atoms with Crippen LogP contribution >= 0.6 is 0 Å². The summed E-state index contributed by atoms with van der Waals surface area (Å²) >= 11 is 0. The lowest BCUT2D eigenvalue weighted by atomic mass is 9.78. The van der Waals surface area contributed by atoms with Crippen molar-refractivity contribution >= 4 is 17.4 Å². The van der Waals surface area contributed by atoms with E-state index in [0.717, 1.165) is 54.9 Å². The molecule has 3 aromatic rings. The number of hydrogen-bond donors (Lipinski definition) is 0. The van der Waals surface area contributed by atoms with Gasteiger partial charge in [0.2, 0.25) is 5.91 Å². The Morgan fingerprint density at radius 3 is 2.47 bits per heavy atom. The molecule has 0 spiro atoms. The van der Waals surface area contributed by atoms with E-state index in [0.29, 0.717) is 37.5 Å². The molecule has 6 nitrogen and oxygen atoms in total. The topological polar surface area (TPSA) is 64.4 Å². The summed E-state index contributed by atoms with van der Waals surface area (Å²) in [5.74, 6) is 2.32. The molecule has 200 valence electrons. The lowest BCUT2D eigenvalue weighted by Crippen LogP contribution is -2.41. The number of methoxy groups -OCH3 is 1. The van der Waals surface area contributed by atoms with Gasteiger partial charge in [-0.2, -0.15) is 0 Å². The molecule has 0 radical (unpaired) electrons. The number of Topliss-reactive ketones (excluding diaryl/α,β-unsaturated/α-hetero) is 1. The highest BCUT2D eigenvalue weighted by molar-refractivity contribution is 5.96. The normalized spacial score (nSPS) is 20.3. The van der Waals surface area contributed by atoms with E-state index >= 15 is 0 Å². The maximum absolute atomic E-state index is 13.9. The average molecular weight is 514 g/mol. The van der Waals surface area contributed by atoms with Crippen molar-refractivity contribution in [3.8, 4) is 17.0 Å². The first-order valence-electron chi connectivity index (χ1n) is 14.0. The number of anilines is 1. The number of hydrogen-bond acceptors (Lipinski definition) is 4. The third-order valence-electron chi connectivity index (χ3n) is 8.49. The van der Waals surface area contributed by atoms with Gasteiger partial charge in [0.15, 0.2) is 0 Å². The monoisotopic (exact) mass is 513 g/mol. The van der Waals surface area contributed by atoms with Crippen LogP contribution in [0.1, 0.15) is 68.4 Å². The highest BCUT2D eigenvalue weighted by Gasteiger charge is 2.32. The van der Waals surface area contributed by atoms with Crippen LogP contribution in [0.2, 0.25) is 0 Å². The molecule has 0 N–H and O–H groups in total. The molecule has 2 aromatic carbocycles. The number of benzene rings is 2. The van der Waals surface area contributed by atoms with Gasteiger partial charge in [0.1, 0.15) is 11.5 Å². The second-order valence-electron chi connectivity index (χ2n) is 11.2. The van der Waals surface area contributed by atoms with Crippen LogP contribution in [0.15, 0.2) is 55.0 Å². The molecule has 6 heteroatoms. The number of aryl methyl sites for hydroxylation is 2. The van der Waals surface area contributed by atoms with E-state index < -0.39 is 0 Å². The highest BCUT2D eigenvalue weighted by Crippen LogP contribution is 2.39. The third-order valence-corrected chi connectivity index (χ3v) is 8.49. The Hall–Kier alpha value is -3.41. The number of nitrogens with zero attached hydrogens (tertiary/aromatic N) is 3. The van der Waals surface area contributed by atoms with Gasteiger partial charge in [0.25, 0.3) is 0 Å². The van der Waals surface area contributed by atoms with E-state index in [-0.39, 0.29) is 17.6 Å². The summed E-state index contributed by atoms with van der Waals surface area (Å²) in [6.45, 7) is 2.83. The first kappa shape index (κ1) is 26.2. The molecule has 5 rings (SSSR count). The van der Waals surface area contributed by atoms with Gasteiger partial charge in [-0.3, -0.25) is 9.59 Å². The second-order valence-corrected chi connectivity index (χ2v) is 11.2. The van der Waals surface area contributed by atoms with E-state index in [1.807, 2.05) is 34.8 Å². The van der Waals surface area contributed by atoms with Crippen molar-refractivity contribution in [2.24, 2.45) is 18.9 Å². The Morgan fingerprint density at radius 1 is 1.05 bits per heavy atom. The number of ketones is 1. The third kappa shape index (κ3) is 5.85. The molecule has 2 aliphatic rings. The smallest absolute Gasteiger partial charge is 0.230 e. The molecule has 2 aliphatic carbocycles. The van der Waals surface area contributed by atoms with Crippen LogP contribution < -0.4 is 9.64 Å². The van der Waals surface area contributed by atoms with Crippen molar-refractivity contribution in [2.45, 2.75) is 64.2 Å². The lowest BCUT2D eigenvalue weighted by molar-refractivity contribution is -0.126. The molecule has 0 unspecified atom stereocenters. The number of aromatic nitrogens is 2. The number of amides is 1. The predicted molar refractivity (Wildman–Crippen MR) is 150 cm³/mol. The summed E-state index contributed by atoms with van der Waals surface area (Å²) in [6.07, 6.45) is 10.6. The molecule has 0 bridgehead atoms.